The molecule has 1 N–H and O–H groups in total. The molecule has 3 rings (SSSR count). The van der Waals surface area contributed by atoms with E-state index in [-0.39, 0.29) is 5.75 Å². The zero-order valence-electron chi connectivity index (χ0n) is 12.2. The van der Waals surface area contributed by atoms with Gasteiger partial charge in [-0.1, -0.05) is 30.8 Å². The minimum atomic E-state index is -0.795. The van der Waals surface area contributed by atoms with Gasteiger partial charge in [0.25, 0.3) is 0 Å². The van der Waals surface area contributed by atoms with Gasteiger partial charge in [0.2, 0.25) is 0 Å². The van der Waals surface area contributed by atoms with Gasteiger partial charge in [-0.3, -0.25) is 4.79 Å². The second kappa shape index (κ2) is 6.10. The molecule has 0 unspecified atom stereocenters. The minimum Gasteiger partial charge on any atom is -0.481 e. The van der Waals surface area contributed by atoms with Crippen LogP contribution < -0.4 is 0 Å². The molecule has 5 heteroatoms. The molecule has 4 nitrogen and oxygen atoms in total. The summed E-state index contributed by atoms with van der Waals surface area (Å²) in [5.41, 5.74) is 2.09. The summed E-state index contributed by atoms with van der Waals surface area (Å²) in [6, 6.07) is 8.55. The van der Waals surface area contributed by atoms with Crippen LogP contribution in [0.5, 0.6) is 0 Å². The lowest BCUT2D eigenvalue weighted by Gasteiger charge is -2.28. The van der Waals surface area contributed by atoms with Crippen molar-refractivity contribution >= 4 is 28.8 Å². The van der Waals surface area contributed by atoms with Crippen molar-refractivity contribution in [1.82, 2.24) is 9.55 Å². The number of carbonyl (C=O) groups is 1. The van der Waals surface area contributed by atoms with Crippen LogP contribution in [0.1, 0.15) is 38.6 Å². The van der Waals surface area contributed by atoms with Crippen molar-refractivity contribution in [2.45, 2.75) is 43.8 Å². The molecule has 0 amide bonds. The van der Waals surface area contributed by atoms with Gasteiger partial charge in [0, 0.05) is 6.04 Å². The van der Waals surface area contributed by atoms with E-state index in [1.54, 1.807) is 0 Å². The molecular weight excluding hydrogens is 284 g/mol. The maximum atomic E-state index is 10.9. The smallest absolute Gasteiger partial charge is 0.313 e. The predicted octanol–water partition coefficient (Wildman–Crippen LogP) is 3.96. The highest BCUT2D eigenvalue weighted by Crippen LogP contribution is 2.37. The maximum Gasteiger partial charge on any atom is 0.313 e. The molecule has 1 heterocycles. The van der Waals surface area contributed by atoms with Crippen molar-refractivity contribution in [3.8, 4) is 0 Å². The van der Waals surface area contributed by atoms with Crippen LogP contribution in [-0.4, -0.2) is 26.4 Å². The van der Waals surface area contributed by atoms with Crippen LogP contribution >= 0.6 is 11.8 Å². The van der Waals surface area contributed by atoms with Gasteiger partial charge in [-0.05, 0) is 43.7 Å². The number of fused-ring (bicyclic) bond motifs is 1. The molecule has 1 aromatic heterocycles. The Morgan fingerprint density at radius 2 is 2.05 bits per heavy atom. The van der Waals surface area contributed by atoms with Crippen LogP contribution in [0.25, 0.3) is 11.0 Å². The fourth-order valence-electron chi connectivity index (χ4n) is 3.10. The topological polar surface area (TPSA) is 55.1 Å². The first kappa shape index (κ1) is 14.4. The van der Waals surface area contributed by atoms with Crippen molar-refractivity contribution in [1.29, 1.82) is 0 Å². The van der Waals surface area contributed by atoms with Crippen LogP contribution in [0.2, 0.25) is 0 Å². The van der Waals surface area contributed by atoms with Crippen molar-refractivity contribution in [3.63, 3.8) is 0 Å². The highest BCUT2D eigenvalue weighted by Gasteiger charge is 2.24. The van der Waals surface area contributed by atoms with E-state index < -0.39 is 5.97 Å². The van der Waals surface area contributed by atoms with Gasteiger partial charge in [0.1, 0.15) is 0 Å². The number of hydrogen-bond donors (Lipinski definition) is 1. The number of carboxylic acid groups (broad SMARTS) is 1. The van der Waals surface area contributed by atoms with Crippen LogP contribution in [0, 0.1) is 5.92 Å². The number of aliphatic carboxylic acids is 1. The number of thioether (sulfide) groups is 1. The number of rotatable bonds is 4. The van der Waals surface area contributed by atoms with E-state index in [4.69, 9.17) is 5.11 Å². The Labute approximate surface area is 128 Å². The standard InChI is InChI=1S/C16H20N2O2S/c1-11-6-8-12(9-7-11)18-14-5-3-2-4-13(14)17-16(18)21-10-15(19)20/h2-5,11-12H,6-10H2,1H3,(H,19,20). The molecule has 2 aromatic rings. The molecule has 0 radical (unpaired) electrons. The normalized spacial score (nSPS) is 22.5. The SMILES string of the molecule is CC1CCC(n2c(SCC(=O)O)nc3ccccc32)CC1. The number of para-hydroxylation sites is 2. The Morgan fingerprint density at radius 3 is 2.76 bits per heavy atom. The number of imidazole rings is 1. The van der Waals surface area contributed by atoms with E-state index in [2.05, 4.69) is 22.5 Å². The lowest BCUT2D eigenvalue weighted by Crippen LogP contribution is -2.17. The first-order valence-corrected chi connectivity index (χ1v) is 8.45. The van der Waals surface area contributed by atoms with Crippen LogP contribution in [0.4, 0.5) is 0 Å². The fraction of sp³-hybridized carbons (Fsp3) is 0.500. The Morgan fingerprint density at radius 1 is 1.33 bits per heavy atom. The molecule has 1 saturated carbocycles. The van der Waals surface area contributed by atoms with E-state index in [9.17, 15) is 4.79 Å². The molecule has 1 aliphatic carbocycles. The van der Waals surface area contributed by atoms with E-state index in [1.165, 1.54) is 24.6 Å². The van der Waals surface area contributed by atoms with Crippen LogP contribution in [-0.2, 0) is 4.79 Å². The van der Waals surface area contributed by atoms with E-state index >= 15 is 0 Å². The zero-order chi connectivity index (χ0) is 14.8. The minimum absolute atomic E-state index is 0.0619. The lowest BCUT2D eigenvalue weighted by molar-refractivity contribution is -0.133. The molecule has 0 spiro atoms. The number of nitrogens with zero attached hydrogens (tertiary/aromatic N) is 2. The number of carboxylic acids is 1. The summed E-state index contributed by atoms with van der Waals surface area (Å²) >= 11 is 1.33. The Bertz CT molecular complexity index is 645. The summed E-state index contributed by atoms with van der Waals surface area (Å²) in [4.78, 5) is 15.5. The molecular formula is C16H20N2O2S. The first-order chi connectivity index (χ1) is 10.1. The van der Waals surface area contributed by atoms with Crippen LogP contribution in [0.15, 0.2) is 29.4 Å². The number of aromatic nitrogens is 2. The van der Waals surface area contributed by atoms with Gasteiger partial charge in [0.05, 0.1) is 16.8 Å². The fourth-order valence-corrected chi connectivity index (χ4v) is 3.91. The molecule has 0 atom stereocenters. The van der Waals surface area contributed by atoms with Crippen molar-refractivity contribution in [2.75, 3.05) is 5.75 Å². The van der Waals surface area contributed by atoms with Gasteiger partial charge >= 0.3 is 5.97 Å². The average molecular weight is 304 g/mol. The average Bonchev–Trinajstić information content (AvgIpc) is 2.84. The van der Waals surface area contributed by atoms with E-state index in [0.717, 1.165) is 34.9 Å². The zero-order valence-corrected chi connectivity index (χ0v) is 13.0. The molecule has 0 saturated heterocycles. The summed E-state index contributed by atoms with van der Waals surface area (Å²) in [6.45, 7) is 2.31. The quantitative estimate of drug-likeness (QED) is 0.869. The third-order valence-electron chi connectivity index (χ3n) is 4.24. The van der Waals surface area contributed by atoms with Crippen molar-refractivity contribution in [2.24, 2.45) is 5.92 Å². The maximum absolute atomic E-state index is 10.9. The summed E-state index contributed by atoms with van der Waals surface area (Å²) in [5.74, 6) is 0.0638. The third-order valence-corrected chi connectivity index (χ3v) is 5.18. The lowest BCUT2D eigenvalue weighted by atomic mass is 9.87. The van der Waals surface area contributed by atoms with Gasteiger partial charge in [-0.2, -0.15) is 0 Å². The van der Waals surface area contributed by atoms with Crippen LogP contribution in [0.3, 0.4) is 0 Å². The second-order valence-electron chi connectivity index (χ2n) is 5.85. The molecule has 21 heavy (non-hydrogen) atoms. The van der Waals surface area contributed by atoms with Crippen molar-refractivity contribution in [3.05, 3.63) is 24.3 Å². The summed E-state index contributed by atoms with van der Waals surface area (Å²) in [7, 11) is 0. The van der Waals surface area contributed by atoms with E-state index in [1.807, 2.05) is 18.2 Å². The Kier molecular flexibility index (Phi) is 4.19. The Hall–Kier alpha value is -1.49. The second-order valence-corrected chi connectivity index (χ2v) is 6.79. The summed E-state index contributed by atoms with van der Waals surface area (Å²) in [6.07, 6.45) is 4.78. The molecule has 1 fully saturated rings. The van der Waals surface area contributed by atoms with Crippen molar-refractivity contribution < 1.29 is 9.90 Å². The van der Waals surface area contributed by atoms with E-state index in [0.29, 0.717) is 6.04 Å². The van der Waals surface area contributed by atoms with Gasteiger partial charge < -0.3 is 9.67 Å². The summed E-state index contributed by atoms with van der Waals surface area (Å²) in [5, 5.41) is 9.77. The first-order valence-electron chi connectivity index (χ1n) is 7.46. The third kappa shape index (κ3) is 3.07. The number of benzene rings is 1. The molecule has 1 aliphatic rings. The molecule has 0 aliphatic heterocycles. The Balaban J connectivity index is 1.96. The van der Waals surface area contributed by atoms with Gasteiger partial charge in [0.15, 0.2) is 5.16 Å². The highest BCUT2D eigenvalue weighted by molar-refractivity contribution is 7.99. The molecule has 1 aromatic carbocycles. The highest BCUT2D eigenvalue weighted by atomic mass is 32.2. The largest absolute Gasteiger partial charge is 0.481 e. The predicted molar refractivity (Wildman–Crippen MR) is 84.8 cm³/mol. The number of hydrogen-bond acceptors (Lipinski definition) is 3. The molecule has 112 valence electrons. The van der Waals surface area contributed by atoms with Gasteiger partial charge in [-0.25, -0.2) is 4.98 Å². The van der Waals surface area contributed by atoms with Gasteiger partial charge in [-0.15, -0.1) is 0 Å². The summed E-state index contributed by atoms with van der Waals surface area (Å²) < 4.78 is 2.27. The molecule has 0 bridgehead atoms. The monoisotopic (exact) mass is 304 g/mol.